The summed E-state index contributed by atoms with van der Waals surface area (Å²) in [4.78, 5) is 18.1. The summed E-state index contributed by atoms with van der Waals surface area (Å²) in [7, 11) is 0. The van der Waals surface area contributed by atoms with Crippen LogP contribution in [0.3, 0.4) is 0 Å². The highest BCUT2D eigenvalue weighted by Gasteiger charge is 2.12. The minimum atomic E-state index is -2.90. The normalized spacial score (nSPS) is 11.2. The summed E-state index contributed by atoms with van der Waals surface area (Å²) < 4.78 is 28.9. The number of nitrogens with zero attached hydrogens (tertiary/aromatic N) is 1. The van der Waals surface area contributed by atoms with Crippen LogP contribution in [0, 0.1) is 6.92 Å². The first-order chi connectivity index (χ1) is 8.51. The first kappa shape index (κ1) is 12.9. The third kappa shape index (κ3) is 2.50. The molecule has 18 heavy (non-hydrogen) atoms. The Morgan fingerprint density at radius 2 is 2.22 bits per heavy atom. The quantitative estimate of drug-likeness (QED) is 0.885. The number of halogens is 3. The first-order valence-corrected chi connectivity index (χ1v) is 6.17. The summed E-state index contributed by atoms with van der Waals surface area (Å²) >= 11 is 3.18. The van der Waals surface area contributed by atoms with E-state index < -0.39 is 6.61 Å². The number of H-pyrrole nitrogens is 1. The number of fused-ring (bicyclic) bond motifs is 1. The standard InChI is InChI=1S/C11H9BrF2N2O2/c1-5-10(17)16-7-2-6(4-12)9(18-11(13)14)3-8(7)15-5/h2-3,11H,4H2,1H3,(H,16,17). The van der Waals surface area contributed by atoms with Crippen molar-refractivity contribution in [2.24, 2.45) is 0 Å². The average Bonchev–Trinajstić information content (AvgIpc) is 2.30. The van der Waals surface area contributed by atoms with Crippen LogP contribution in [0.25, 0.3) is 11.0 Å². The summed E-state index contributed by atoms with van der Waals surface area (Å²) in [6, 6.07) is 2.96. The molecule has 0 aliphatic rings. The Kier molecular flexibility index (Phi) is 3.60. The zero-order valence-corrected chi connectivity index (χ0v) is 10.9. The van der Waals surface area contributed by atoms with Crippen molar-refractivity contribution in [2.45, 2.75) is 18.9 Å². The van der Waals surface area contributed by atoms with Gasteiger partial charge in [0.1, 0.15) is 11.4 Å². The summed E-state index contributed by atoms with van der Waals surface area (Å²) in [5.74, 6) is 0.0494. The number of aromatic amines is 1. The van der Waals surface area contributed by atoms with Crippen molar-refractivity contribution in [1.82, 2.24) is 9.97 Å². The Morgan fingerprint density at radius 1 is 1.50 bits per heavy atom. The summed E-state index contributed by atoms with van der Waals surface area (Å²) in [6.07, 6.45) is 0. The number of ether oxygens (including phenoxy) is 1. The number of nitrogens with one attached hydrogen (secondary N) is 1. The highest BCUT2D eigenvalue weighted by Crippen LogP contribution is 2.27. The molecule has 0 bridgehead atoms. The third-order valence-corrected chi connectivity index (χ3v) is 3.01. The van der Waals surface area contributed by atoms with Gasteiger partial charge in [-0.15, -0.1) is 0 Å². The Morgan fingerprint density at radius 3 is 2.83 bits per heavy atom. The van der Waals surface area contributed by atoms with E-state index in [4.69, 9.17) is 0 Å². The second kappa shape index (κ2) is 5.01. The molecule has 0 unspecified atom stereocenters. The minimum Gasteiger partial charge on any atom is -0.434 e. The molecule has 0 aliphatic carbocycles. The number of hydrogen-bond acceptors (Lipinski definition) is 3. The second-order valence-corrected chi connectivity index (χ2v) is 4.20. The summed E-state index contributed by atoms with van der Waals surface area (Å²) in [5, 5.41) is 0.334. The number of rotatable bonds is 3. The van der Waals surface area contributed by atoms with E-state index in [9.17, 15) is 13.6 Å². The zero-order valence-electron chi connectivity index (χ0n) is 9.34. The maximum absolute atomic E-state index is 12.3. The molecule has 1 heterocycles. The summed E-state index contributed by atoms with van der Waals surface area (Å²) in [6.45, 7) is -1.35. The highest BCUT2D eigenvalue weighted by atomic mass is 79.9. The van der Waals surface area contributed by atoms with Crippen LogP contribution in [0.4, 0.5) is 8.78 Å². The number of aromatic nitrogens is 2. The Hall–Kier alpha value is -1.50. The van der Waals surface area contributed by atoms with Gasteiger partial charge >= 0.3 is 6.61 Å². The van der Waals surface area contributed by atoms with Gasteiger partial charge in [0.2, 0.25) is 0 Å². The first-order valence-electron chi connectivity index (χ1n) is 5.05. The van der Waals surface area contributed by atoms with E-state index in [1.807, 2.05) is 0 Å². The van der Waals surface area contributed by atoms with E-state index in [-0.39, 0.29) is 17.0 Å². The van der Waals surface area contributed by atoms with Crippen molar-refractivity contribution in [3.05, 3.63) is 33.7 Å². The molecule has 1 aromatic carbocycles. The molecular formula is C11H9BrF2N2O2. The molecule has 1 N–H and O–H groups in total. The van der Waals surface area contributed by atoms with Gasteiger partial charge in [0.05, 0.1) is 11.0 Å². The van der Waals surface area contributed by atoms with Crippen molar-refractivity contribution in [3.63, 3.8) is 0 Å². The molecule has 0 fully saturated rings. The fourth-order valence-corrected chi connectivity index (χ4v) is 2.00. The second-order valence-electron chi connectivity index (χ2n) is 3.64. The molecule has 0 saturated carbocycles. The summed E-state index contributed by atoms with van der Waals surface area (Å²) in [5.41, 5.74) is 1.39. The smallest absolute Gasteiger partial charge is 0.387 e. The number of aryl methyl sites for hydroxylation is 1. The van der Waals surface area contributed by atoms with E-state index >= 15 is 0 Å². The molecule has 0 amide bonds. The SMILES string of the molecule is Cc1nc2cc(OC(F)F)c(CBr)cc2[nH]c1=O. The largest absolute Gasteiger partial charge is 0.434 e. The van der Waals surface area contributed by atoms with Crippen LogP contribution < -0.4 is 10.3 Å². The van der Waals surface area contributed by atoms with Crippen molar-refractivity contribution in [2.75, 3.05) is 0 Å². The molecule has 2 aromatic rings. The molecule has 4 nitrogen and oxygen atoms in total. The molecule has 0 radical (unpaired) electrons. The highest BCUT2D eigenvalue weighted by molar-refractivity contribution is 9.08. The zero-order chi connectivity index (χ0) is 13.3. The monoisotopic (exact) mass is 318 g/mol. The lowest BCUT2D eigenvalue weighted by molar-refractivity contribution is -0.0502. The van der Waals surface area contributed by atoms with Crippen LogP contribution in [0.5, 0.6) is 5.75 Å². The molecule has 7 heteroatoms. The fraction of sp³-hybridized carbons (Fsp3) is 0.273. The number of hydrogen-bond donors (Lipinski definition) is 1. The van der Waals surface area contributed by atoms with E-state index in [0.717, 1.165) is 0 Å². The van der Waals surface area contributed by atoms with Gasteiger partial charge in [-0.1, -0.05) is 15.9 Å². The Balaban J connectivity index is 2.65. The molecule has 0 aliphatic heterocycles. The molecule has 0 atom stereocenters. The van der Waals surface area contributed by atoms with E-state index in [0.29, 0.717) is 21.9 Å². The topological polar surface area (TPSA) is 55.0 Å². The van der Waals surface area contributed by atoms with Gasteiger partial charge in [-0.05, 0) is 13.0 Å². The lowest BCUT2D eigenvalue weighted by atomic mass is 10.2. The van der Waals surface area contributed by atoms with Gasteiger partial charge in [-0.2, -0.15) is 8.78 Å². The van der Waals surface area contributed by atoms with E-state index in [1.165, 1.54) is 6.07 Å². The fourth-order valence-electron chi connectivity index (χ4n) is 1.56. The molecular weight excluding hydrogens is 310 g/mol. The maximum Gasteiger partial charge on any atom is 0.387 e. The molecule has 0 saturated heterocycles. The number of benzene rings is 1. The predicted octanol–water partition coefficient (Wildman–Crippen LogP) is 2.73. The van der Waals surface area contributed by atoms with Crippen LogP contribution >= 0.6 is 15.9 Å². The van der Waals surface area contributed by atoms with Crippen molar-refractivity contribution in [1.29, 1.82) is 0 Å². The van der Waals surface area contributed by atoms with Crippen molar-refractivity contribution in [3.8, 4) is 5.75 Å². The van der Waals surface area contributed by atoms with Crippen LogP contribution in [0.1, 0.15) is 11.3 Å². The van der Waals surface area contributed by atoms with Crippen LogP contribution in [0.15, 0.2) is 16.9 Å². The van der Waals surface area contributed by atoms with Gasteiger partial charge in [0, 0.05) is 17.0 Å². The minimum absolute atomic E-state index is 0.0494. The lowest BCUT2D eigenvalue weighted by Gasteiger charge is -2.10. The van der Waals surface area contributed by atoms with Crippen LogP contribution in [-0.4, -0.2) is 16.6 Å². The van der Waals surface area contributed by atoms with E-state index in [2.05, 4.69) is 30.6 Å². The van der Waals surface area contributed by atoms with Crippen molar-refractivity contribution < 1.29 is 13.5 Å². The lowest BCUT2D eigenvalue weighted by Crippen LogP contribution is -2.12. The predicted molar refractivity (Wildman–Crippen MR) is 66.4 cm³/mol. The molecule has 1 aromatic heterocycles. The molecule has 96 valence electrons. The van der Waals surface area contributed by atoms with Crippen LogP contribution in [0.2, 0.25) is 0 Å². The van der Waals surface area contributed by atoms with Crippen LogP contribution in [-0.2, 0) is 5.33 Å². The van der Waals surface area contributed by atoms with Crippen molar-refractivity contribution >= 4 is 27.0 Å². The van der Waals surface area contributed by atoms with Gasteiger partial charge < -0.3 is 9.72 Å². The number of alkyl halides is 3. The van der Waals surface area contributed by atoms with Gasteiger partial charge in [-0.3, -0.25) is 4.79 Å². The Labute approximate surface area is 109 Å². The third-order valence-electron chi connectivity index (χ3n) is 2.40. The van der Waals surface area contributed by atoms with Gasteiger partial charge in [-0.25, -0.2) is 4.98 Å². The van der Waals surface area contributed by atoms with E-state index in [1.54, 1.807) is 13.0 Å². The maximum atomic E-state index is 12.3. The van der Waals surface area contributed by atoms with Gasteiger partial charge in [0.25, 0.3) is 5.56 Å². The molecule has 2 rings (SSSR count). The Bertz CT molecular complexity index is 643. The molecule has 0 spiro atoms. The average molecular weight is 319 g/mol. The van der Waals surface area contributed by atoms with Gasteiger partial charge in [0.15, 0.2) is 0 Å².